The molecule has 0 aliphatic carbocycles. The molecule has 0 aromatic heterocycles. The van der Waals surface area contributed by atoms with Gasteiger partial charge in [-0.1, -0.05) is 99.6 Å². The molecule has 3 aromatic rings. The van der Waals surface area contributed by atoms with E-state index in [0.29, 0.717) is 0 Å². The predicted octanol–water partition coefficient (Wildman–Crippen LogP) is 7.15. The summed E-state index contributed by atoms with van der Waals surface area (Å²) in [5.74, 6) is 0. The molecule has 0 saturated carbocycles. The molecule has 0 fully saturated rings. The first-order valence-corrected chi connectivity index (χ1v) is 9.69. The summed E-state index contributed by atoms with van der Waals surface area (Å²) in [5.41, 5.74) is 8.46. The largest absolute Gasteiger partial charge is 0.381 e. The van der Waals surface area contributed by atoms with Gasteiger partial charge in [-0.3, -0.25) is 0 Å². The molecular weight excluding hydrogens is 326 g/mol. The monoisotopic (exact) mass is 357 g/mol. The van der Waals surface area contributed by atoms with E-state index in [1.807, 2.05) is 6.07 Å². The molecule has 3 rings (SSSR count). The van der Waals surface area contributed by atoms with Crippen LogP contribution in [-0.4, -0.2) is 0 Å². The van der Waals surface area contributed by atoms with E-state index in [0.717, 1.165) is 17.8 Å². The first-order chi connectivity index (χ1) is 13.0. The Hall–Kier alpha value is -2.80. The number of hydrogen-bond donors (Lipinski definition) is 1. The van der Waals surface area contributed by atoms with Crippen LogP contribution in [0.1, 0.15) is 42.5 Å². The Kier molecular flexibility index (Phi) is 7.88. The van der Waals surface area contributed by atoms with Gasteiger partial charge in [-0.05, 0) is 47.2 Å². The molecule has 1 heteroatoms. The first kappa shape index (κ1) is 20.5. The highest BCUT2D eigenvalue weighted by molar-refractivity contribution is 5.68. The van der Waals surface area contributed by atoms with Crippen molar-refractivity contribution in [3.05, 3.63) is 102 Å². The molecule has 0 aliphatic heterocycles. The van der Waals surface area contributed by atoms with E-state index in [2.05, 4.69) is 106 Å². The second-order valence-electron chi connectivity index (χ2n) is 6.90. The van der Waals surface area contributed by atoms with Crippen LogP contribution in [0.5, 0.6) is 0 Å². The van der Waals surface area contributed by atoms with Gasteiger partial charge in [0, 0.05) is 12.2 Å². The zero-order chi connectivity index (χ0) is 19.6. The second-order valence-corrected chi connectivity index (χ2v) is 6.90. The molecule has 27 heavy (non-hydrogen) atoms. The van der Waals surface area contributed by atoms with Gasteiger partial charge in [0.05, 0.1) is 0 Å². The summed E-state index contributed by atoms with van der Waals surface area (Å²) >= 11 is 0. The number of aryl methyl sites for hydroxylation is 2. The number of nitrogens with one attached hydrogen (secondary N) is 1. The van der Waals surface area contributed by atoms with Crippen molar-refractivity contribution in [2.75, 3.05) is 0 Å². The Morgan fingerprint density at radius 3 is 1.96 bits per heavy atom. The lowest BCUT2D eigenvalue weighted by Gasteiger charge is -2.12. The Bertz CT molecular complexity index is 845. The molecule has 1 N–H and O–H groups in total. The molecule has 1 nitrogen and oxygen atoms in total. The van der Waals surface area contributed by atoms with Crippen LogP contribution < -0.4 is 5.32 Å². The smallest absolute Gasteiger partial charge is 0.0400 e. The average molecular weight is 358 g/mol. The SMILES string of the molecule is C=C(NCc1ccc(C)c(C)c1)c1ccc(-c2ccccc2)cc1.CCC. The molecule has 140 valence electrons. The molecular formula is C26H31N. The summed E-state index contributed by atoms with van der Waals surface area (Å²) in [5, 5.41) is 3.43. The highest BCUT2D eigenvalue weighted by Gasteiger charge is 2.02. The third-order valence-corrected chi connectivity index (χ3v) is 4.42. The van der Waals surface area contributed by atoms with Crippen molar-refractivity contribution >= 4 is 5.70 Å². The minimum absolute atomic E-state index is 0.792. The molecule has 0 bridgehead atoms. The topological polar surface area (TPSA) is 12.0 Å². The van der Waals surface area contributed by atoms with Gasteiger partial charge in [-0.15, -0.1) is 0 Å². The molecule has 3 aromatic carbocycles. The van der Waals surface area contributed by atoms with Crippen molar-refractivity contribution in [3.8, 4) is 11.1 Å². The zero-order valence-electron chi connectivity index (χ0n) is 17.0. The first-order valence-electron chi connectivity index (χ1n) is 9.69. The Morgan fingerprint density at radius 1 is 0.778 bits per heavy atom. The van der Waals surface area contributed by atoms with Crippen LogP contribution in [-0.2, 0) is 6.54 Å². The number of benzene rings is 3. The van der Waals surface area contributed by atoms with E-state index < -0.39 is 0 Å². The van der Waals surface area contributed by atoms with Gasteiger partial charge < -0.3 is 5.32 Å². The van der Waals surface area contributed by atoms with Crippen molar-refractivity contribution in [2.45, 2.75) is 40.7 Å². The van der Waals surface area contributed by atoms with Crippen molar-refractivity contribution in [3.63, 3.8) is 0 Å². The van der Waals surface area contributed by atoms with Crippen LogP contribution in [0.15, 0.2) is 79.4 Å². The molecule has 0 aliphatic rings. The number of hydrogen-bond acceptors (Lipinski definition) is 1. The molecule has 0 radical (unpaired) electrons. The molecule has 0 unspecified atom stereocenters. The third-order valence-electron chi connectivity index (χ3n) is 4.42. The molecule has 0 heterocycles. The van der Waals surface area contributed by atoms with Crippen LogP contribution in [0.3, 0.4) is 0 Å². The van der Waals surface area contributed by atoms with Gasteiger partial charge in [0.2, 0.25) is 0 Å². The Morgan fingerprint density at radius 2 is 1.37 bits per heavy atom. The van der Waals surface area contributed by atoms with Crippen LogP contribution in [0.25, 0.3) is 16.8 Å². The van der Waals surface area contributed by atoms with E-state index in [1.165, 1.54) is 34.2 Å². The minimum atomic E-state index is 0.792. The summed E-state index contributed by atoms with van der Waals surface area (Å²) < 4.78 is 0. The van der Waals surface area contributed by atoms with E-state index in [9.17, 15) is 0 Å². The van der Waals surface area contributed by atoms with Crippen molar-refractivity contribution < 1.29 is 0 Å². The standard InChI is InChI=1S/C23H23N.C3H8/c1-17-9-10-20(15-18(17)2)16-24-19(3)21-11-13-23(14-12-21)22-7-5-4-6-8-22;1-3-2/h4-15,24H,3,16H2,1-2H3;3H2,1-2H3. The minimum Gasteiger partial charge on any atom is -0.381 e. The van der Waals surface area contributed by atoms with E-state index >= 15 is 0 Å². The van der Waals surface area contributed by atoms with Gasteiger partial charge >= 0.3 is 0 Å². The maximum Gasteiger partial charge on any atom is 0.0400 e. The summed E-state index contributed by atoms with van der Waals surface area (Å²) in [7, 11) is 0. The highest BCUT2D eigenvalue weighted by Crippen LogP contribution is 2.21. The fraction of sp³-hybridized carbons (Fsp3) is 0.231. The summed E-state index contributed by atoms with van der Waals surface area (Å²) in [4.78, 5) is 0. The average Bonchev–Trinajstić information content (AvgIpc) is 2.70. The highest BCUT2D eigenvalue weighted by atomic mass is 14.9. The van der Waals surface area contributed by atoms with Crippen LogP contribution >= 0.6 is 0 Å². The lowest BCUT2D eigenvalue weighted by atomic mass is 10.0. The predicted molar refractivity (Wildman–Crippen MR) is 120 cm³/mol. The molecule has 0 saturated heterocycles. The van der Waals surface area contributed by atoms with Gasteiger partial charge in [-0.2, -0.15) is 0 Å². The summed E-state index contributed by atoms with van der Waals surface area (Å²) in [6.07, 6.45) is 1.25. The Balaban J connectivity index is 0.000000817. The molecule has 0 amide bonds. The van der Waals surface area contributed by atoms with Gasteiger partial charge in [0.15, 0.2) is 0 Å². The van der Waals surface area contributed by atoms with E-state index in [4.69, 9.17) is 0 Å². The quantitative estimate of drug-likeness (QED) is 0.511. The van der Waals surface area contributed by atoms with Crippen molar-refractivity contribution in [2.24, 2.45) is 0 Å². The fourth-order valence-corrected chi connectivity index (χ4v) is 2.72. The summed E-state index contributed by atoms with van der Waals surface area (Å²) in [6, 6.07) is 25.5. The van der Waals surface area contributed by atoms with E-state index in [-0.39, 0.29) is 0 Å². The Labute approximate surface area is 164 Å². The lowest BCUT2D eigenvalue weighted by molar-refractivity contribution is 0.889. The normalized spacial score (nSPS) is 9.93. The van der Waals surface area contributed by atoms with Crippen LogP contribution in [0.2, 0.25) is 0 Å². The molecule has 0 spiro atoms. The van der Waals surface area contributed by atoms with Gasteiger partial charge in [0.1, 0.15) is 0 Å². The zero-order valence-corrected chi connectivity index (χ0v) is 17.0. The van der Waals surface area contributed by atoms with Gasteiger partial charge in [-0.25, -0.2) is 0 Å². The molecule has 0 atom stereocenters. The van der Waals surface area contributed by atoms with Gasteiger partial charge in [0.25, 0.3) is 0 Å². The third kappa shape index (κ3) is 6.14. The van der Waals surface area contributed by atoms with Crippen LogP contribution in [0.4, 0.5) is 0 Å². The lowest BCUT2D eigenvalue weighted by Crippen LogP contribution is -2.11. The number of rotatable bonds is 5. The van der Waals surface area contributed by atoms with Crippen LogP contribution in [0, 0.1) is 13.8 Å². The summed E-state index contributed by atoms with van der Waals surface area (Å²) in [6.45, 7) is 13.5. The second kappa shape index (κ2) is 10.4. The fourth-order valence-electron chi connectivity index (χ4n) is 2.72. The van der Waals surface area contributed by atoms with E-state index in [1.54, 1.807) is 0 Å². The van der Waals surface area contributed by atoms with Crippen molar-refractivity contribution in [1.82, 2.24) is 5.32 Å². The maximum atomic E-state index is 4.17. The maximum absolute atomic E-state index is 4.17. The van der Waals surface area contributed by atoms with Crippen molar-refractivity contribution in [1.29, 1.82) is 0 Å².